The van der Waals surface area contributed by atoms with Crippen LogP contribution < -0.4 is 5.32 Å². The van der Waals surface area contributed by atoms with Gasteiger partial charge in [0.2, 0.25) is 0 Å². The lowest BCUT2D eigenvalue weighted by atomic mass is 10.3. The molecule has 1 aromatic rings. The summed E-state index contributed by atoms with van der Waals surface area (Å²) < 4.78 is 0. The number of carboxylic acid groups (broad SMARTS) is 1. The minimum atomic E-state index is -0.968. The van der Waals surface area contributed by atoms with Crippen LogP contribution in [0.5, 0.6) is 0 Å². The molecule has 1 rings (SSSR count). The summed E-state index contributed by atoms with van der Waals surface area (Å²) in [6.07, 6.45) is 2.64. The Labute approximate surface area is 110 Å². The number of carbonyl (C=O) groups excluding carboxylic acids is 1. The quantitative estimate of drug-likeness (QED) is 0.802. The zero-order valence-corrected chi connectivity index (χ0v) is 11.2. The molecule has 0 aliphatic rings. The van der Waals surface area contributed by atoms with Gasteiger partial charge in [0.1, 0.15) is 0 Å². The molecule has 0 spiro atoms. The summed E-state index contributed by atoms with van der Waals surface area (Å²) in [6.45, 7) is 2.97. The first kappa shape index (κ1) is 14.2. The summed E-state index contributed by atoms with van der Waals surface area (Å²) in [7, 11) is 1.72. The largest absolute Gasteiger partial charge is 0.478 e. The van der Waals surface area contributed by atoms with Crippen LogP contribution in [0.1, 0.15) is 17.4 Å². The molecule has 98 valence electrons. The van der Waals surface area contributed by atoms with Crippen LogP contribution in [0.25, 0.3) is 6.08 Å². The number of aliphatic carboxylic acids is 1. The number of thiophene rings is 1. The van der Waals surface area contributed by atoms with E-state index in [1.165, 1.54) is 11.3 Å². The van der Waals surface area contributed by atoms with E-state index in [1.807, 2.05) is 18.4 Å². The predicted molar refractivity (Wildman–Crippen MR) is 71.5 cm³/mol. The van der Waals surface area contributed by atoms with Crippen molar-refractivity contribution in [2.45, 2.75) is 13.5 Å². The molecule has 0 radical (unpaired) electrons. The first-order chi connectivity index (χ1) is 8.52. The van der Waals surface area contributed by atoms with E-state index in [9.17, 15) is 9.59 Å². The maximum atomic E-state index is 11.5. The SMILES string of the molecule is CCNC(=O)N(C)Cc1csc(/C=C/C(=O)O)c1. The summed E-state index contributed by atoms with van der Waals surface area (Å²) >= 11 is 1.45. The minimum absolute atomic E-state index is 0.119. The standard InChI is InChI=1S/C12H16N2O3S/c1-3-13-12(17)14(2)7-9-6-10(18-8-9)4-5-11(15)16/h4-6,8H,3,7H2,1-2H3,(H,13,17)(H,15,16)/b5-4+. The fraction of sp³-hybridized carbons (Fsp3) is 0.333. The van der Waals surface area contributed by atoms with Crippen molar-refractivity contribution in [3.8, 4) is 0 Å². The fourth-order valence-corrected chi connectivity index (χ4v) is 2.15. The van der Waals surface area contributed by atoms with E-state index >= 15 is 0 Å². The number of carboxylic acids is 1. The molecule has 0 aromatic carbocycles. The summed E-state index contributed by atoms with van der Waals surface area (Å²) in [6, 6.07) is 1.76. The van der Waals surface area contributed by atoms with Gasteiger partial charge in [-0.25, -0.2) is 9.59 Å². The number of hydrogen-bond acceptors (Lipinski definition) is 3. The third-order valence-electron chi connectivity index (χ3n) is 2.16. The molecular formula is C12H16N2O3S. The van der Waals surface area contributed by atoms with Crippen molar-refractivity contribution < 1.29 is 14.7 Å². The Morgan fingerprint density at radius 2 is 2.28 bits per heavy atom. The second-order valence-corrected chi connectivity index (χ2v) is 4.66. The highest BCUT2D eigenvalue weighted by molar-refractivity contribution is 7.11. The lowest BCUT2D eigenvalue weighted by Gasteiger charge is -2.16. The van der Waals surface area contributed by atoms with Crippen LogP contribution in [0.15, 0.2) is 17.5 Å². The molecule has 1 heterocycles. The Hall–Kier alpha value is -1.82. The Morgan fingerprint density at radius 3 is 2.89 bits per heavy atom. The predicted octanol–water partition coefficient (Wildman–Crippen LogP) is 2.01. The van der Waals surface area contributed by atoms with Crippen molar-refractivity contribution in [3.05, 3.63) is 28.0 Å². The lowest BCUT2D eigenvalue weighted by Crippen LogP contribution is -2.36. The third kappa shape index (κ3) is 4.58. The molecule has 6 heteroatoms. The second-order valence-electron chi connectivity index (χ2n) is 3.72. The first-order valence-corrected chi connectivity index (χ1v) is 6.38. The Bertz CT molecular complexity index is 454. The molecule has 18 heavy (non-hydrogen) atoms. The number of rotatable bonds is 5. The van der Waals surface area contributed by atoms with Crippen LogP contribution in [0.4, 0.5) is 4.79 Å². The maximum Gasteiger partial charge on any atom is 0.328 e. The molecule has 0 fully saturated rings. The number of amides is 2. The molecule has 0 atom stereocenters. The molecular weight excluding hydrogens is 252 g/mol. The molecule has 0 aliphatic carbocycles. The molecule has 2 amide bonds. The van der Waals surface area contributed by atoms with Gasteiger partial charge in [-0.15, -0.1) is 11.3 Å². The van der Waals surface area contributed by atoms with Crippen LogP contribution in [-0.4, -0.2) is 35.6 Å². The van der Waals surface area contributed by atoms with E-state index in [0.717, 1.165) is 16.5 Å². The summed E-state index contributed by atoms with van der Waals surface area (Å²) in [5.41, 5.74) is 0.985. The Kier molecular flexibility index (Phi) is 5.38. The number of nitrogens with one attached hydrogen (secondary N) is 1. The summed E-state index contributed by atoms with van der Waals surface area (Å²) in [4.78, 5) is 24.3. The average molecular weight is 268 g/mol. The maximum absolute atomic E-state index is 11.5. The molecule has 5 nitrogen and oxygen atoms in total. The van der Waals surface area contributed by atoms with Gasteiger partial charge in [0.05, 0.1) is 0 Å². The molecule has 0 saturated carbocycles. The zero-order valence-electron chi connectivity index (χ0n) is 10.3. The Balaban J connectivity index is 2.58. The van der Waals surface area contributed by atoms with Gasteiger partial charge in [-0.2, -0.15) is 0 Å². The highest BCUT2D eigenvalue weighted by atomic mass is 32.1. The topological polar surface area (TPSA) is 69.6 Å². The van der Waals surface area contributed by atoms with Crippen molar-refractivity contribution in [1.29, 1.82) is 0 Å². The van der Waals surface area contributed by atoms with Gasteiger partial charge in [0.15, 0.2) is 0 Å². The van der Waals surface area contributed by atoms with Gasteiger partial charge >= 0.3 is 12.0 Å². The van der Waals surface area contributed by atoms with Gasteiger partial charge in [0.25, 0.3) is 0 Å². The van der Waals surface area contributed by atoms with Crippen LogP contribution in [0, 0.1) is 0 Å². The van der Waals surface area contributed by atoms with E-state index in [4.69, 9.17) is 5.11 Å². The van der Waals surface area contributed by atoms with Crippen LogP contribution in [0.2, 0.25) is 0 Å². The van der Waals surface area contributed by atoms with Crippen LogP contribution in [-0.2, 0) is 11.3 Å². The van der Waals surface area contributed by atoms with E-state index in [-0.39, 0.29) is 6.03 Å². The highest BCUT2D eigenvalue weighted by Gasteiger charge is 2.08. The normalized spacial score (nSPS) is 10.6. The second kappa shape index (κ2) is 6.80. The molecule has 0 saturated heterocycles. The average Bonchev–Trinajstić information content (AvgIpc) is 2.74. The van der Waals surface area contributed by atoms with Crippen LogP contribution in [0.3, 0.4) is 0 Å². The Morgan fingerprint density at radius 1 is 1.56 bits per heavy atom. The highest BCUT2D eigenvalue weighted by Crippen LogP contribution is 2.17. The van der Waals surface area contributed by atoms with Crippen molar-refractivity contribution in [3.63, 3.8) is 0 Å². The number of hydrogen-bond donors (Lipinski definition) is 2. The zero-order chi connectivity index (χ0) is 13.5. The van der Waals surface area contributed by atoms with E-state index < -0.39 is 5.97 Å². The van der Waals surface area contributed by atoms with Crippen molar-refractivity contribution in [1.82, 2.24) is 10.2 Å². The van der Waals surface area contributed by atoms with E-state index in [2.05, 4.69) is 5.32 Å². The number of nitrogens with zero attached hydrogens (tertiary/aromatic N) is 1. The number of urea groups is 1. The van der Waals surface area contributed by atoms with Crippen molar-refractivity contribution >= 4 is 29.4 Å². The molecule has 0 unspecified atom stereocenters. The lowest BCUT2D eigenvalue weighted by molar-refractivity contribution is -0.131. The van der Waals surface area contributed by atoms with Gasteiger partial charge in [0, 0.05) is 31.1 Å². The van der Waals surface area contributed by atoms with E-state index in [0.29, 0.717) is 13.1 Å². The summed E-state index contributed by atoms with van der Waals surface area (Å²) in [5.74, 6) is -0.968. The van der Waals surface area contributed by atoms with Gasteiger partial charge in [-0.1, -0.05) is 0 Å². The third-order valence-corrected chi connectivity index (χ3v) is 3.11. The van der Waals surface area contributed by atoms with Crippen molar-refractivity contribution in [2.75, 3.05) is 13.6 Å². The van der Waals surface area contributed by atoms with Crippen molar-refractivity contribution in [2.24, 2.45) is 0 Å². The smallest absolute Gasteiger partial charge is 0.328 e. The van der Waals surface area contributed by atoms with E-state index in [1.54, 1.807) is 18.0 Å². The van der Waals surface area contributed by atoms with Gasteiger partial charge < -0.3 is 15.3 Å². The minimum Gasteiger partial charge on any atom is -0.478 e. The molecule has 0 aliphatic heterocycles. The van der Waals surface area contributed by atoms with Gasteiger partial charge in [-0.3, -0.25) is 0 Å². The van der Waals surface area contributed by atoms with Gasteiger partial charge in [-0.05, 0) is 30.0 Å². The first-order valence-electron chi connectivity index (χ1n) is 5.50. The fourth-order valence-electron chi connectivity index (χ4n) is 1.35. The summed E-state index contributed by atoms with van der Waals surface area (Å²) in [5, 5.41) is 13.1. The van der Waals surface area contributed by atoms with Crippen LogP contribution >= 0.6 is 11.3 Å². The molecule has 2 N–H and O–H groups in total. The number of carbonyl (C=O) groups is 2. The monoisotopic (exact) mass is 268 g/mol. The molecule has 0 bridgehead atoms. The molecule has 1 aromatic heterocycles.